The fraction of sp³-hybridized carbons (Fsp3) is 0.591. The van der Waals surface area contributed by atoms with Gasteiger partial charge in [0.1, 0.15) is 11.5 Å². The van der Waals surface area contributed by atoms with Crippen molar-refractivity contribution >= 4 is 23.5 Å². The highest BCUT2D eigenvalue weighted by molar-refractivity contribution is 6.01. The molecule has 9 heteroatoms. The molecular weight excluding hydrogens is 404 g/mol. The van der Waals surface area contributed by atoms with Gasteiger partial charge in [-0.1, -0.05) is 0 Å². The molecule has 2 aliphatic rings. The van der Waals surface area contributed by atoms with Gasteiger partial charge in [-0.25, -0.2) is 0 Å². The molecule has 2 amide bonds. The number of esters is 1. The van der Waals surface area contributed by atoms with Crippen molar-refractivity contribution in [2.45, 2.75) is 45.5 Å². The third-order valence-corrected chi connectivity index (χ3v) is 5.51. The minimum Gasteiger partial charge on any atom is -0.497 e. The lowest BCUT2D eigenvalue weighted by Gasteiger charge is -2.36. The number of nitrogens with zero attached hydrogens (tertiary/aromatic N) is 2. The van der Waals surface area contributed by atoms with Gasteiger partial charge in [-0.3, -0.25) is 14.4 Å². The van der Waals surface area contributed by atoms with Gasteiger partial charge in [-0.2, -0.15) is 0 Å². The molecule has 0 bridgehead atoms. The van der Waals surface area contributed by atoms with Gasteiger partial charge >= 0.3 is 5.97 Å². The van der Waals surface area contributed by atoms with Gasteiger partial charge in [0.05, 0.1) is 38.0 Å². The van der Waals surface area contributed by atoms with Gasteiger partial charge in [0.15, 0.2) is 6.10 Å². The average Bonchev–Trinajstić information content (AvgIpc) is 3.13. The number of benzene rings is 1. The molecule has 2 saturated heterocycles. The molecule has 0 saturated carbocycles. The first-order valence-corrected chi connectivity index (χ1v) is 10.4. The largest absolute Gasteiger partial charge is 0.497 e. The number of morpholine rings is 1. The van der Waals surface area contributed by atoms with E-state index in [-0.39, 0.29) is 37.0 Å². The molecule has 2 fully saturated rings. The number of anilines is 1. The van der Waals surface area contributed by atoms with Crippen molar-refractivity contribution in [1.82, 2.24) is 4.90 Å². The smallest absolute Gasteiger partial charge is 0.312 e. The maximum absolute atomic E-state index is 12.7. The Kier molecular flexibility index (Phi) is 7.04. The second-order valence-electron chi connectivity index (χ2n) is 8.02. The molecule has 0 spiro atoms. The van der Waals surface area contributed by atoms with Crippen LogP contribution in [0.2, 0.25) is 0 Å². The monoisotopic (exact) mass is 434 g/mol. The van der Waals surface area contributed by atoms with Gasteiger partial charge in [-0.15, -0.1) is 0 Å². The Balaban J connectivity index is 1.63. The van der Waals surface area contributed by atoms with E-state index in [1.807, 2.05) is 13.8 Å². The van der Waals surface area contributed by atoms with E-state index in [1.165, 1.54) is 12.0 Å². The summed E-state index contributed by atoms with van der Waals surface area (Å²) in [6, 6.07) is 5.12. The molecule has 170 valence electrons. The Morgan fingerprint density at radius 2 is 1.77 bits per heavy atom. The first kappa shape index (κ1) is 22.9. The van der Waals surface area contributed by atoms with E-state index in [1.54, 1.807) is 37.1 Å². The van der Waals surface area contributed by atoms with Gasteiger partial charge in [-0.05, 0) is 32.9 Å². The minimum atomic E-state index is -0.926. The van der Waals surface area contributed by atoms with Crippen molar-refractivity contribution < 1.29 is 33.3 Å². The van der Waals surface area contributed by atoms with Crippen molar-refractivity contribution in [2.75, 3.05) is 38.8 Å². The molecule has 3 rings (SSSR count). The van der Waals surface area contributed by atoms with Crippen molar-refractivity contribution in [3.63, 3.8) is 0 Å². The van der Waals surface area contributed by atoms with Crippen LogP contribution in [0.3, 0.4) is 0 Å². The zero-order valence-electron chi connectivity index (χ0n) is 18.6. The molecule has 2 heterocycles. The predicted octanol–water partition coefficient (Wildman–Crippen LogP) is 1.62. The fourth-order valence-electron chi connectivity index (χ4n) is 4.04. The van der Waals surface area contributed by atoms with Crippen LogP contribution >= 0.6 is 0 Å². The van der Waals surface area contributed by atoms with Gasteiger partial charge < -0.3 is 28.7 Å². The number of carbonyl (C=O) groups excluding carboxylic acids is 3. The van der Waals surface area contributed by atoms with E-state index < -0.39 is 18.0 Å². The normalized spacial score (nSPS) is 24.7. The second kappa shape index (κ2) is 9.55. The van der Waals surface area contributed by atoms with Gasteiger partial charge in [0, 0.05) is 32.1 Å². The summed E-state index contributed by atoms with van der Waals surface area (Å²) in [6.45, 7) is 6.44. The first-order chi connectivity index (χ1) is 14.7. The zero-order chi connectivity index (χ0) is 22.7. The van der Waals surface area contributed by atoms with Gasteiger partial charge in [0.25, 0.3) is 5.91 Å². The van der Waals surface area contributed by atoms with E-state index in [2.05, 4.69) is 0 Å². The summed E-state index contributed by atoms with van der Waals surface area (Å²) >= 11 is 0. The molecule has 31 heavy (non-hydrogen) atoms. The fourth-order valence-corrected chi connectivity index (χ4v) is 4.04. The molecule has 1 aromatic rings. The summed E-state index contributed by atoms with van der Waals surface area (Å²) in [5.41, 5.74) is 0.559. The number of carbonyl (C=O) groups is 3. The molecule has 2 aliphatic heterocycles. The van der Waals surface area contributed by atoms with E-state index in [0.717, 1.165) is 0 Å². The predicted molar refractivity (Wildman–Crippen MR) is 112 cm³/mol. The summed E-state index contributed by atoms with van der Waals surface area (Å²) in [5.74, 6) is -0.604. The quantitative estimate of drug-likeness (QED) is 0.628. The number of amides is 2. The van der Waals surface area contributed by atoms with E-state index in [4.69, 9.17) is 18.9 Å². The van der Waals surface area contributed by atoms with E-state index in [9.17, 15) is 14.4 Å². The standard InChI is InChI=1S/C22H30N2O7/c1-13-10-23(11-14(2)30-13)21(26)15(3)31-22(27)16-8-20(25)24(12-16)18-7-6-17(28-4)9-19(18)29-5/h6-7,9,13-16H,8,10-12H2,1-5H3/t13-,14-,15-,16-/m1/s1. The van der Waals surface area contributed by atoms with Crippen molar-refractivity contribution in [1.29, 1.82) is 0 Å². The topological polar surface area (TPSA) is 94.6 Å². The number of hydrogen-bond donors (Lipinski definition) is 0. The van der Waals surface area contributed by atoms with Crippen LogP contribution in [0.4, 0.5) is 5.69 Å². The summed E-state index contributed by atoms with van der Waals surface area (Å²) in [4.78, 5) is 41.2. The lowest BCUT2D eigenvalue weighted by molar-refractivity contribution is -0.166. The van der Waals surface area contributed by atoms with Crippen LogP contribution in [0.5, 0.6) is 11.5 Å². The number of methoxy groups -OCH3 is 2. The Morgan fingerprint density at radius 3 is 2.39 bits per heavy atom. The van der Waals surface area contributed by atoms with Crippen molar-refractivity contribution in [3.05, 3.63) is 18.2 Å². The average molecular weight is 434 g/mol. The maximum Gasteiger partial charge on any atom is 0.312 e. The van der Waals surface area contributed by atoms with E-state index in [0.29, 0.717) is 30.3 Å². The summed E-state index contributed by atoms with van der Waals surface area (Å²) < 4.78 is 21.7. The molecule has 0 unspecified atom stereocenters. The lowest BCUT2D eigenvalue weighted by Crippen LogP contribution is -2.51. The van der Waals surface area contributed by atoms with Crippen LogP contribution < -0.4 is 14.4 Å². The highest BCUT2D eigenvalue weighted by Gasteiger charge is 2.39. The molecule has 9 nitrogen and oxygen atoms in total. The van der Waals surface area contributed by atoms with Crippen LogP contribution in [-0.2, 0) is 23.9 Å². The molecule has 0 radical (unpaired) electrons. The third-order valence-electron chi connectivity index (χ3n) is 5.51. The Morgan fingerprint density at radius 1 is 1.10 bits per heavy atom. The second-order valence-corrected chi connectivity index (χ2v) is 8.02. The van der Waals surface area contributed by atoms with Crippen LogP contribution in [-0.4, -0.2) is 74.8 Å². The zero-order valence-corrected chi connectivity index (χ0v) is 18.6. The molecule has 1 aromatic carbocycles. The summed E-state index contributed by atoms with van der Waals surface area (Å²) in [5, 5.41) is 0. The van der Waals surface area contributed by atoms with Crippen LogP contribution in [0.1, 0.15) is 27.2 Å². The first-order valence-electron chi connectivity index (χ1n) is 10.4. The highest BCUT2D eigenvalue weighted by atomic mass is 16.5. The van der Waals surface area contributed by atoms with Gasteiger partial charge in [0.2, 0.25) is 5.91 Å². The molecular formula is C22H30N2O7. The summed E-state index contributed by atoms with van der Waals surface area (Å²) in [6.07, 6.45) is -1.06. The summed E-state index contributed by atoms with van der Waals surface area (Å²) in [7, 11) is 3.05. The number of hydrogen-bond acceptors (Lipinski definition) is 7. The Bertz CT molecular complexity index is 833. The highest BCUT2D eigenvalue weighted by Crippen LogP contribution is 2.36. The molecule has 0 aliphatic carbocycles. The lowest BCUT2D eigenvalue weighted by atomic mass is 10.1. The molecule has 0 N–H and O–H groups in total. The Labute approximate surface area is 182 Å². The third kappa shape index (κ3) is 5.10. The molecule has 4 atom stereocenters. The number of ether oxygens (including phenoxy) is 4. The van der Waals surface area contributed by atoms with Crippen molar-refractivity contribution in [2.24, 2.45) is 5.92 Å². The van der Waals surface area contributed by atoms with Crippen molar-refractivity contribution in [3.8, 4) is 11.5 Å². The SMILES string of the molecule is COc1ccc(N2C[C@H](C(=O)O[C@H](C)C(=O)N3C[C@@H](C)O[C@H](C)C3)CC2=O)c(OC)c1. The van der Waals surface area contributed by atoms with Crippen LogP contribution in [0.15, 0.2) is 18.2 Å². The molecule has 0 aromatic heterocycles. The van der Waals surface area contributed by atoms with Crippen LogP contribution in [0, 0.1) is 5.92 Å². The van der Waals surface area contributed by atoms with Crippen LogP contribution in [0.25, 0.3) is 0 Å². The number of rotatable bonds is 6. The van der Waals surface area contributed by atoms with E-state index >= 15 is 0 Å². The maximum atomic E-state index is 12.7. The minimum absolute atomic E-state index is 0.0144. The Hall–Kier alpha value is -2.81.